The fourth-order valence-electron chi connectivity index (χ4n) is 3.02. The molecule has 0 aromatic carbocycles. The molecule has 0 radical (unpaired) electrons. The van der Waals surface area contributed by atoms with Crippen LogP contribution in [0.3, 0.4) is 0 Å². The Labute approximate surface area is 92.8 Å². The summed E-state index contributed by atoms with van der Waals surface area (Å²) >= 11 is 0. The quantitative estimate of drug-likeness (QED) is 0.722. The van der Waals surface area contributed by atoms with Crippen molar-refractivity contribution < 1.29 is 5.11 Å². The Kier molecular flexibility index (Phi) is 3.33. The number of nitrogens with zero attached hydrogens (tertiary/aromatic N) is 1. The van der Waals surface area contributed by atoms with E-state index in [0.717, 1.165) is 39.1 Å². The van der Waals surface area contributed by atoms with Crippen molar-refractivity contribution in [2.45, 2.75) is 32.8 Å². The Bertz CT molecular complexity index is 214. The van der Waals surface area contributed by atoms with Crippen molar-refractivity contribution in [1.29, 1.82) is 0 Å². The van der Waals surface area contributed by atoms with Crippen LogP contribution in [0.1, 0.15) is 26.7 Å². The summed E-state index contributed by atoms with van der Waals surface area (Å²) in [7, 11) is 0. The standard InChI is InChI=1S/C12H24N2O/c1-3-10-6-14(7-11(10)15)9-12(2)4-5-13-8-12/h10-11,13,15H,3-9H2,1-2H3. The molecule has 0 aliphatic carbocycles. The van der Waals surface area contributed by atoms with Crippen LogP contribution in [0.25, 0.3) is 0 Å². The molecule has 2 heterocycles. The van der Waals surface area contributed by atoms with Gasteiger partial charge >= 0.3 is 0 Å². The van der Waals surface area contributed by atoms with E-state index in [4.69, 9.17) is 0 Å². The van der Waals surface area contributed by atoms with E-state index in [-0.39, 0.29) is 6.10 Å². The summed E-state index contributed by atoms with van der Waals surface area (Å²) in [5.74, 6) is 0.503. The third-order valence-corrected chi connectivity index (χ3v) is 4.07. The molecule has 0 amide bonds. The number of rotatable bonds is 3. The number of likely N-dealkylation sites (tertiary alicyclic amines) is 1. The van der Waals surface area contributed by atoms with Gasteiger partial charge in [0, 0.05) is 26.2 Å². The number of nitrogens with one attached hydrogen (secondary N) is 1. The summed E-state index contributed by atoms with van der Waals surface area (Å²) in [5.41, 5.74) is 0.433. The lowest BCUT2D eigenvalue weighted by atomic mass is 9.89. The predicted octanol–water partition coefficient (Wildman–Crippen LogP) is 0.689. The van der Waals surface area contributed by atoms with Gasteiger partial charge in [-0.25, -0.2) is 0 Å². The van der Waals surface area contributed by atoms with Crippen LogP contribution in [0.2, 0.25) is 0 Å². The first-order chi connectivity index (χ1) is 7.13. The minimum Gasteiger partial charge on any atom is -0.391 e. The Hall–Kier alpha value is -0.120. The first-order valence-corrected chi connectivity index (χ1v) is 6.24. The lowest BCUT2D eigenvalue weighted by molar-refractivity contribution is 0.134. The first kappa shape index (κ1) is 11.4. The van der Waals surface area contributed by atoms with Crippen molar-refractivity contribution in [3.8, 4) is 0 Å². The van der Waals surface area contributed by atoms with E-state index in [2.05, 4.69) is 24.1 Å². The predicted molar refractivity (Wildman–Crippen MR) is 61.8 cm³/mol. The van der Waals surface area contributed by atoms with E-state index in [9.17, 15) is 5.11 Å². The van der Waals surface area contributed by atoms with Gasteiger partial charge in [0.25, 0.3) is 0 Å². The Morgan fingerprint density at radius 1 is 1.47 bits per heavy atom. The van der Waals surface area contributed by atoms with E-state index in [1.165, 1.54) is 6.42 Å². The molecule has 3 heteroatoms. The molecule has 0 aromatic rings. The molecule has 2 rings (SSSR count). The van der Waals surface area contributed by atoms with Gasteiger partial charge in [-0.3, -0.25) is 4.90 Å². The third kappa shape index (κ3) is 2.52. The maximum Gasteiger partial charge on any atom is 0.0707 e. The molecule has 3 unspecified atom stereocenters. The van der Waals surface area contributed by atoms with Gasteiger partial charge in [-0.05, 0) is 30.7 Å². The maximum absolute atomic E-state index is 9.86. The summed E-state index contributed by atoms with van der Waals surface area (Å²) in [5, 5.41) is 13.3. The molecular formula is C12H24N2O. The van der Waals surface area contributed by atoms with Gasteiger partial charge in [-0.15, -0.1) is 0 Å². The minimum absolute atomic E-state index is 0.0898. The van der Waals surface area contributed by atoms with Crippen molar-refractivity contribution in [3.05, 3.63) is 0 Å². The van der Waals surface area contributed by atoms with Crippen molar-refractivity contribution in [3.63, 3.8) is 0 Å². The molecule has 88 valence electrons. The average molecular weight is 212 g/mol. The van der Waals surface area contributed by atoms with Crippen LogP contribution in [0, 0.1) is 11.3 Å². The second-order valence-electron chi connectivity index (χ2n) is 5.67. The van der Waals surface area contributed by atoms with Gasteiger partial charge in [0.05, 0.1) is 6.10 Å². The molecule has 2 fully saturated rings. The van der Waals surface area contributed by atoms with Gasteiger partial charge in [-0.2, -0.15) is 0 Å². The summed E-state index contributed by atoms with van der Waals surface area (Å²) in [4.78, 5) is 2.45. The van der Waals surface area contributed by atoms with Crippen LogP contribution in [0.15, 0.2) is 0 Å². The van der Waals surface area contributed by atoms with Gasteiger partial charge in [0.15, 0.2) is 0 Å². The van der Waals surface area contributed by atoms with Gasteiger partial charge in [0.2, 0.25) is 0 Å². The highest BCUT2D eigenvalue weighted by molar-refractivity contribution is 4.91. The summed E-state index contributed by atoms with van der Waals surface area (Å²) < 4.78 is 0. The van der Waals surface area contributed by atoms with Crippen LogP contribution in [-0.2, 0) is 0 Å². The van der Waals surface area contributed by atoms with Crippen molar-refractivity contribution >= 4 is 0 Å². The number of β-amino-alcohol motifs (C(OH)–C–C–N with tert-alkyl or cyclic N) is 1. The molecule has 2 aliphatic rings. The second-order valence-corrected chi connectivity index (χ2v) is 5.67. The Balaban J connectivity index is 1.86. The van der Waals surface area contributed by atoms with Crippen molar-refractivity contribution in [1.82, 2.24) is 10.2 Å². The summed E-state index contributed by atoms with van der Waals surface area (Å²) in [6.07, 6.45) is 2.29. The monoisotopic (exact) mass is 212 g/mol. The smallest absolute Gasteiger partial charge is 0.0707 e. The zero-order chi connectivity index (χ0) is 10.9. The van der Waals surface area contributed by atoms with Crippen LogP contribution >= 0.6 is 0 Å². The molecule has 2 saturated heterocycles. The molecule has 0 spiro atoms. The summed E-state index contributed by atoms with van der Waals surface area (Å²) in [6.45, 7) is 9.95. The molecular weight excluding hydrogens is 188 g/mol. The number of hydrogen-bond donors (Lipinski definition) is 2. The van der Waals surface area contributed by atoms with E-state index in [1.54, 1.807) is 0 Å². The molecule has 0 saturated carbocycles. The summed E-state index contributed by atoms with van der Waals surface area (Å²) in [6, 6.07) is 0. The fraction of sp³-hybridized carbons (Fsp3) is 1.00. The van der Waals surface area contributed by atoms with Gasteiger partial charge in [0.1, 0.15) is 0 Å². The lowest BCUT2D eigenvalue weighted by Crippen LogP contribution is -2.36. The average Bonchev–Trinajstić information content (AvgIpc) is 2.73. The lowest BCUT2D eigenvalue weighted by Gasteiger charge is -2.28. The van der Waals surface area contributed by atoms with Crippen molar-refractivity contribution in [2.24, 2.45) is 11.3 Å². The van der Waals surface area contributed by atoms with E-state index in [0.29, 0.717) is 11.3 Å². The highest BCUT2D eigenvalue weighted by atomic mass is 16.3. The molecule has 3 atom stereocenters. The molecule has 0 aromatic heterocycles. The topological polar surface area (TPSA) is 35.5 Å². The number of aliphatic hydroxyl groups is 1. The van der Waals surface area contributed by atoms with E-state index in [1.807, 2.05) is 0 Å². The number of aliphatic hydroxyl groups excluding tert-OH is 1. The third-order valence-electron chi connectivity index (χ3n) is 4.07. The molecule has 2 aliphatic heterocycles. The van der Waals surface area contributed by atoms with Crippen LogP contribution in [0.5, 0.6) is 0 Å². The fourth-order valence-corrected chi connectivity index (χ4v) is 3.02. The second kappa shape index (κ2) is 4.40. The zero-order valence-corrected chi connectivity index (χ0v) is 10.00. The Morgan fingerprint density at radius 3 is 2.80 bits per heavy atom. The molecule has 2 N–H and O–H groups in total. The number of hydrogen-bond acceptors (Lipinski definition) is 3. The zero-order valence-electron chi connectivity index (χ0n) is 10.00. The van der Waals surface area contributed by atoms with Crippen LogP contribution in [-0.4, -0.2) is 48.8 Å². The maximum atomic E-state index is 9.86. The SMILES string of the molecule is CCC1CN(CC2(C)CCNC2)CC1O. The van der Waals surface area contributed by atoms with E-state index >= 15 is 0 Å². The molecule has 3 nitrogen and oxygen atoms in total. The first-order valence-electron chi connectivity index (χ1n) is 6.24. The normalized spacial score (nSPS) is 42.6. The Morgan fingerprint density at radius 2 is 2.27 bits per heavy atom. The van der Waals surface area contributed by atoms with Crippen LogP contribution in [0.4, 0.5) is 0 Å². The van der Waals surface area contributed by atoms with Gasteiger partial charge < -0.3 is 10.4 Å². The molecule has 0 bridgehead atoms. The van der Waals surface area contributed by atoms with Crippen LogP contribution < -0.4 is 5.32 Å². The largest absolute Gasteiger partial charge is 0.391 e. The highest BCUT2D eigenvalue weighted by Gasteiger charge is 2.36. The van der Waals surface area contributed by atoms with Crippen molar-refractivity contribution in [2.75, 3.05) is 32.7 Å². The minimum atomic E-state index is -0.0898. The van der Waals surface area contributed by atoms with Gasteiger partial charge in [-0.1, -0.05) is 13.8 Å². The molecule has 15 heavy (non-hydrogen) atoms. The van der Waals surface area contributed by atoms with E-state index < -0.39 is 0 Å². The highest BCUT2D eigenvalue weighted by Crippen LogP contribution is 2.29.